The Labute approximate surface area is 262 Å². The van der Waals surface area contributed by atoms with Crippen LogP contribution in [0.2, 0.25) is 0 Å². The molecule has 14 heteroatoms. The maximum atomic E-state index is 7.95. The lowest BCUT2D eigenvalue weighted by Crippen LogP contribution is -1.94. The molecule has 0 saturated heterocycles. The quantitative estimate of drug-likeness (QED) is 0.102. The van der Waals surface area contributed by atoms with E-state index < -0.39 is 0 Å². The van der Waals surface area contributed by atoms with Gasteiger partial charge in [-0.3, -0.25) is 9.97 Å². The average Bonchev–Trinajstić information content (AvgIpc) is 3.65. The Morgan fingerprint density at radius 3 is 1.89 bits per heavy atom. The third-order valence-electron chi connectivity index (χ3n) is 5.71. The lowest BCUT2D eigenvalue weighted by atomic mass is 10.2. The zero-order chi connectivity index (χ0) is 31.8. The van der Waals surface area contributed by atoms with Gasteiger partial charge in [-0.25, -0.2) is 34.6 Å². The summed E-state index contributed by atoms with van der Waals surface area (Å²) in [6.45, 7) is 0. The van der Waals surface area contributed by atoms with Crippen LogP contribution in [0.4, 0.5) is 5.69 Å². The van der Waals surface area contributed by atoms with Gasteiger partial charge >= 0.3 is 0 Å². The second-order valence-corrected chi connectivity index (χ2v) is 8.77. The van der Waals surface area contributed by atoms with Gasteiger partial charge in [-0.15, -0.1) is 11.5 Å². The van der Waals surface area contributed by atoms with Crippen molar-refractivity contribution < 1.29 is 0 Å². The molecule has 0 N–H and O–H groups in total. The number of azide groups is 1. The van der Waals surface area contributed by atoms with E-state index in [0.717, 1.165) is 5.69 Å². The molecule has 0 fully saturated rings. The van der Waals surface area contributed by atoms with Crippen molar-refractivity contribution in [2.24, 2.45) is 5.11 Å². The highest BCUT2D eigenvalue weighted by Gasteiger charge is 2.09. The second-order valence-electron chi connectivity index (χ2n) is 8.77. The molecular formula is C32H22N14. The molecule has 0 aliphatic heterocycles. The largest absolute Gasteiger partial charge is 0.264 e. The van der Waals surface area contributed by atoms with Gasteiger partial charge < -0.3 is 0 Å². The summed E-state index contributed by atoms with van der Waals surface area (Å²) >= 11 is 0. The van der Waals surface area contributed by atoms with E-state index in [9.17, 15) is 0 Å². The third kappa shape index (κ3) is 8.42. The first-order valence-corrected chi connectivity index (χ1v) is 13.5. The van der Waals surface area contributed by atoms with Crippen LogP contribution in [0, 0.1) is 12.3 Å². The predicted octanol–water partition coefficient (Wildman–Crippen LogP) is 5.72. The van der Waals surface area contributed by atoms with E-state index in [1.54, 1.807) is 78.4 Å². The number of aromatic nitrogens is 11. The Hall–Kier alpha value is -7.23. The Kier molecular flexibility index (Phi) is 10.4. The highest BCUT2D eigenvalue weighted by molar-refractivity contribution is 5.59. The van der Waals surface area contributed by atoms with E-state index >= 15 is 0 Å². The molecule has 7 aromatic rings. The molecule has 0 bridgehead atoms. The SMILES string of the molecule is C#Cc1cccc(-c2ncccn2)n1.[N-]=[N+]=Nc1cccnc1.c1cnc(-c2cccc(-c3cn(-c4cccnc4)nn3)n2)nc1. The van der Waals surface area contributed by atoms with Crippen LogP contribution in [0.15, 0.2) is 134 Å². The van der Waals surface area contributed by atoms with Crippen LogP contribution in [0.25, 0.3) is 50.6 Å². The van der Waals surface area contributed by atoms with Gasteiger partial charge in [-0.1, -0.05) is 28.4 Å². The van der Waals surface area contributed by atoms with Crippen molar-refractivity contribution >= 4 is 5.69 Å². The van der Waals surface area contributed by atoms with Crippen molar-refractivity contribution in [1.82, 2.24) is 54.9 Å². The minimum Gasteiger partial charge on any atom is -0.264 e. The molecule has 14 nitrogen and oxygen atoms in total. The number of hydrogen-bond acceptors (Lipinski definition) is 11. The Morgan fingerprint density at radius 1 is 0.652 bits per heavy atom. The summed E-state index contributed by atoms with van der Waals surface area (Å²) in [6, 6.07) is 21.8. The van der Waals surface area contributed by atoms with Crippen molar-refractivity contribution in [3.05, 3.63) is 145 Å². The summed E-state index contributed by atoms with van der Waals surface area (Å²) < 4.78 is 1.66. The molecule has 0 radical (unpaired) electrons. The van der Waals surface area contributed by atoms with Crippen molar-refractivity contribution in [2.45, 2.75) is 0 Å². The standard InChI is InChI=1S/C16H11N7.C11H7N3.C5H4N4/c1-5-13(20-14(6-1)16-18-8-3-9-19-16)15-11-23(22-21-15)12-4-2-7-17-10-12;1-2-9-5-3-6-10(14-9)11-12-7-4-8-13-11;6-9-8-5-2-1-3-7-4-5/h1-11H;1,3-8H;1-4H. The third-order valence-corrected chi connectivity index (χ3v) is 5.71. The molecular weight excluding hydrogens is 580 g/mol. The number of rotatable bonds is 5. The predicted molar refractivity (Wildman–Crippen MR) is 170 cm³/mol. The molecule has 220 valence electrons. The van der Waals surface area contributed by atoms with E-state index in [1.807, 2.05) is 48.7 Å². The monoisotopic (exact) mass is 602 g/mol. The average molecular weight is 603 g/mol. The second kappa shape index (κ2) is 15.8. The van der Waals surface area contributed by atoms with Crippen molar-refractivity contribution in [3.63, 3.8) is 0 Å². The summed E-state index contributed by atoms with van der Waals surface area (Å²) in [4.78, 5) is 35.8. The topological polar surface area (TPSA) is 183 Å². The van der Waals surface area contributed by atoms with Gasteiger partial charge in [-0.2, -0.15) is 0 Å². The molecule has 7 rings (SSSR count). The van der Waals surface area contributed by atoms with Crippen LogP contribution < -0.4 is 0 Å². The molecule has 0 unspecified atom stereocenters. The molecule has 7 heterocycles. The summed E-state index contributed by atoms with van der Waals surface area (Å²) in [7, 11) is 0. The van der Waals surface area contributed by atoms with Crippen LogP contribution in [0.3, 0.4) is 0 Å². The van der Waals surface area contributed by atoms with Gasteiger partial charge in [0.2, 0.25) is 0 Å². The molecule has 0 aliphatic rings. The normalized spacial score (nSPS) is 9.72. The van der Waals surface area contributed by atoms with E-state index in [4.69, 9.17) is 12.0 Å². The molecule has 0 amide bonds. The maximum absolute atomic E-state index is 7.95. The Bertz CT molecular complexity index is 2060. The van der Waals surface area contributed by atoms with Crippen molar-refractivity contribution in [1.29, 1.82) is 0 Å². The number of pyridine rings is 4. The first kappa shape index (κ1) is 30.2. The highest BCUT2D eigenvalue weighted by atomic mass is 15.4. The zero-order valence-corrected chi connectivity index (χ0v) is 24.0. The van der Waals surface area contributed by atoms with Crippen LogP contribution in [-0.4, -0.2) is 54.9 Å². The summed E-state index contributed by atoms with van der Waals surface area (Å²) in [5.74, 6) is 3.64. The maximum Gasteiger partial charge on any atom is 0.178 e. The van der Waals surface area contributed by atoms with E-state index in [-0.39, 0.29) is 0 Å². The van der Waals surface area contributed by atoms with Crippen LogP contribution in [-0.2, 0) is 0 Å². The lowest BCUT2D eigenvalue weighted by Gasteiger charge is -2.00. The Balaban J connectivity index is 0.000000154. The fraction of sp³-hybridized carbons (Fsp3) is 0. The fourth-order valence-corrected chi connectivity index (χ4v) is 3.67. The molecule has 0 aliphatic carbocycles. The van der Waals surface area contributed by atoms with Crippen molar-refractivity contribution in [2.75, 3.05) is 0 Å². The van der Waals surface area contributed by atoms with Crippen LogP contribution >= 0.6 is 0 Å². The summed E-state index contributed by atoms with van der Waals surface area (Å²) in [5.41, 5.74) is 12.7. The number of hydrogen-bond donors (Lipinski definition) is 0. The highest BCUT2D eigenvalue weighted by Crippen LogP contribution is 2.19. The van der Waals surface area contributed by atoms with E-state index in [1.165, 1.54) is 6.20 Å². The molecule has 0 spiro atoms. The molecule has 7 aromatic heterocycles. The summed E-state index contributed by atoms with van der Waals surface area (Å²) in [6.07, 6.45) is 20.3. The minimum atomic E-state index is 0.542. The zero-order valence-electron chi connectivity index (χ0n) is 24.0. The van der Waals surface area contributed by atoms with Gasteiger partial charge in [0.15, 0.2) is 11.6 Å². The first-order valence-electron chi connectivity index (χ1n) is 13.5. The van der Waals surface area contributed by atoms with Gasteiger partial charge in [0.25, 0.3) is 0 Å². The van der Waals surface area contributed by atoms with Crippen LogP contribution in [0.5, 0.6) is 0 Å². The van der Waals surface area contributed by atoms with E-state index in [2.05, 4.69) is 66.1 Å². The first-order chi connectivity index (χ1) is 22.7. The molecule has 0 aromatic carbocycles. The Morgan fingerprint density at radius 2 is 1.28 bits per heavy atom. The van der Waals surface area contributed by atoms with Gasteiger partial charge in [0, 0.05) is 48.3 Å². The summed E-state index contributed by atoms with van der Waals surface area (Å²) in [5, 5.41) is 11.6. The minimum absolute atomic E-state index is 0.542. The molecule has 46 heavy (non-hydrogen) atoms. The molecule has 0 atom stereocenters. The van der Waals surface area contributed by atoms with Crippen LogP contribution in [0.1, 0.15) is 5.69 Å². The molecule has 0 saturated carbocycles. The lowest BCUT2D eigenvalue weighted by molar-refractivity contribution is 0.800. The van der Waals surface area contributed by atoms with E-state index in [0.29, 0.717) is 45.8 Å². The number of terminal acetylenes is 1. The smallest absolute Gasteiger partial charge is 0.178 e. The number of nitrogens with zero attached hydrogens (tertiary/aromatic N) is 14. The van der Waals surface area contributed by atoms with Crippen molar-refractivity contribution in [3.8, 4) is 52.5 Å². The fourth-order valence-electron chi connectivity index (χ4n) is 3.67. The van der Waals surface area contributed by atoms with Gasteiger partial charge in [0.1, 0.15) is 22.8 Å². The van der Waals surface area contributed by atoms with Gasteiger partial charge in [0.05, 0.1) is 29.5 Å². The van der Waals surface area contributed by atoms with Gasteiger partial charge in [-0.05, 0) is 66.2 Å².